The van der Waals surface area contributed by atoms with Gasteiger partial charge in [0, 0.05) is 10.6 Å². The van der Waals surface area contributed by atoms with Gasteiger partial charge in [-0.15, -0.1) is 11.8 Å². The quantitative estimate of drug-likeness (QED) is 0.791. The van der Waals surface area contributed by atoms with E-state index in [1.54, 1.807) is 19.1 Å². The molecule has 0 aliphatic carbocycles. The Balaban J connectivity index is 2.08. The fourth-order valence-corrected chi connectivity index (χ4v) is 3.49. The molecule has 0 aromatic heterocycles. The average Bonchev–Trinajstić information content (AvgIpc) is 2.49. The van der Waals surface area contributed by atoms with Crippen LogP contribution >= 0.6 is 23.4 Å². The summed E-state index contributed by atoms with van der Waals surface area (Å²) in [6.45, 7) is 1.74. The highest BCUT2D eigenvalue weighted by Gasteiger charge is 2.17. The van der Waals surface area contributed by atoms with E-state index in [4.69, 9.17) is 16.7 Å². The number of amides is 1. The van der Waals surface area contributed by atoms with Crippen LogP contribution in [0.15, 0.2) is 58.3 Å². The van der Waals surface area contributed by atoms with Crippen LogP contribution in [0.1, 0.15) is 6.92 Å². The summed E-state index contributed by atoms with van der Waals surface area (Å²) < 4.78 is 22.7. The van der Waals surface area contributed by atoms with Crippen molar-refractivity contribution in [3.8, 4) is 0 Å². The van der Waals surface area contributed by atoms with Gasteiger partial charge in [0.25, 0.3) is 0 Å². The third-order valence-electron chi connectivity index (χ3n) is 2.94. The van der Waals surface area contributed by atoms with Crippen LogP contribution in [0.3, 0.4) is 0 Å². The molecule has 1 amide bonds. The number of primary sulfonamides is 1. The summed E-state index contributed by atoms with van der Waals surface area (Å²) >= 11 is 7.39. The van der Waals surface area contributed by atoms with Crippen molar-refractivity contribution in [3.05, 3.63) is 53.6 Å². The monoisotopic (exact) mass is 370 g/mol. The molecule has 0 bridgehead atoms. The van der Waals surface area contributed by atoms with Gasteiger partial charge in [-0.2, -0.15) is 0 Å². The molecule has 2 aromatic carbocycles. The number of thioether (sulfide) groups is 1. The summed E-state index contributed by atoms with van der Waals surface area (Å²) in [5.74, 6) is -0.263. The van der Waals surface area contributed by atoms with E-state index in [2.05, 4.69) is 5.32 Å². The Morgan fingerprint density at radius 1 is 1.22 bits per heavy atom. The number of carbonyl (C=O) groups is 1. The highest BCUT2D eigenvalue weighted by Crippen LogP contribution is 2.30. The van der Waals surface area contributed by atoms with Gasteiger partial charge in [0.15, 0.2) is 0 Å². The molecular weight excluding hydrogens is 356 g/mol. The van der Waals surface area contributed by atoms with E-state index >= 15 is 0 Å². The number of hydrogen-bond acceptors (Lipinski definition) is 4. The molecule has 8 heteroatoms. The zero-order valence-corrected chi connectivity index (χ0v) is 14.6. The van der Waals surface area contributed by atoms with E-state index in [9.17, 15) is 13.2 Å². The molecule has 1 atom stereocenters. The van der Waals surface area contributed by atoms with Crippen LogP contribution in [0.2, 0.25) is 5.02 Å². The molecule has 0 fully saturated rings. The largest absolute Gasteiger partial charge is 0.325 e. The summed E-state index contributed by atoms with van der Waals surface area (Å²) in [5.41, 5.74) is 0.369. The second-order valence-electron chi connectivity index (χ2n) is 4.75. The van der Waals surface area contributed by atoms with E-state index in [1.165, 1.54) is 30.0 Å². The van der Waals surface area contributed by atoms with E-state index < -0.39 is 15.3 Å². The van der Waals surface area contributed by atoms with Crippen molar-refractivity contribution in [2.75, 3.05) is 5.32 Å². The van der Waals surface area contributed by atoms with E-state index in [1.807, 2.05) is 18.2 Å². The molecule has 0 saturated carbocycles. The van der Waals surface area contributed by atoms with Gasteiger partial charge < -0.3 is 5.32 Å². The molecule has 23 heavy (non-hydrogen) atoms. The number of halogens is 1. The van der Waals surface area contributed by atoms with E-state index in [-0.39, 0.29) is 10.8 Å². The Bertz CT molecular complexity index is 825. The van der Waals surface area contributed by atoms with Crippen LogP contribution < -0.4 is 10.5 Å². The van der Waals surface area contributed by atoms with Gasteiger partial charge in [0.05, 0.1) is 15.2 Å². The molecule has 3 N–H and O–H groups in total. The summed E-state index contributed by atoms with van der Waals surface area (Å²) in [6, 6.07) is 13.0. The minimum absolute atomic E-state index is 0.0540. The van der Waals surface area contributed by atoms with Gasteiger partial charge in [0.1, 0.15) is 0 Å². The topological polar surface area (TPSA) is 89.3 Å². The van der Waals surface area contributed by atoms with Crippen LogP contribution in [-0.2, 0) is 14.8 Å². The first-order valence-corrected chi connectivity index (χ1v) is 9.42. The van der Waals surface area contributed by atoms with Gasteiger partial charge in [-0.3, -0.25) is 4.79 Å². The molecule has 2 aromatic rings. The highest BCUT2D eigenvalue weighted by atomic mass is 35.5. The van der Waals surface area contributed by atoms with E-state index in [0.29, 0.717) is 10.7 Å². The summed E-state index contributed by atoms with van der Waals surface area (Å²) in [4.78, 5) is 13.0. The lowest BCUT2D eigenvalue weighted by atomic mass is 10.3. The molecule has 0 aliphatic heterocycles. The number of benzene rings is 2. The maximum atomic E-state index is 12.2. The fraction of sp³-hybridized carbons (Fsp3) is 0.133. The van der Waals surface area contributed by atoms with Gasteiger partial charge in [-0.05, 0) is 37.3 Å². The summed E-state index contributed by atoms with van der Waals surface area (Å²) in [5, 5.41) is 7.91. The zero-order valence-electron chi connectivity index (χ0n) is 12.2. The van der Waals surface area contributed by atoms with Crippen LogP contribution in [0.5, 0.6) is 0 Å². The molecule has 0 radical (unpaired) electrons. The number of anilines is 1. The zero-order chi connectivity index (χ0) is 17.0. The first-order valence-electron chi connectivity index (χ1n) is 6.62. The number of nitrogens with one attached hydrogen (secondary N) is 1. The minimum Gasteiger partial charge on any atom is -0.325 e. The molecule has 0 heterocycles. The Hall–Kier alpha value is -1.54. The van der Waals surface area contributed by atoms with Crippen molar-refractivity contribution in [2.45, 2.75) is 22.0 Å². The maximum Gasteiger partial charge on any atom is 0.238 e. The standard InChI is InChI=1S/C15H15ClN2O3S2/c1-10(22-14-8-3-2-7-13(14)16)15(19)18-11-5-4-6-12(9-11)23(17,20)21/h2-10H,1H3,(H,18,19)(H2,17,20,21). The number of nitrogens with two attached hydrogens (primary N) is 1. The van der Waals surface area contributed by atoms with Gasteiger partial charge in [-0.25, -0.2) is 13.6 Å². The van der Waals surface area contributed by atoms with Crippen molar-refractivity contribution in [1.82, 2.24) is 0 Å². The van der Waals surface area contributed by atoms with Crippen molar-refractivity contribution < 1.29 is 13.2 Å². The molecule has 1 unspecified atom stereocenters. The Kier molecular flexibility index (Phi) is 5.69. The van der Waals surface area contributed by atoms with Crippen LogP contribution in [0.25, 0.3) is 0 Å². The predicted octanol–water partition coefficient (Wildman–Crippen LogP) is 3.11. The predicted molar refractivity (Wildman–Crippen MR) is 93.2 cm³/mol. The first kappa shape index (κ1) is 17.8. The number of hydrogen-bond donors (Lipinski definition) is 2. The van der Waals surface area contributed by atoms with Crippen molar-refractivity contribution in [3.63, 3.8) is 0 Å². The molecule has 0 saturated heterocycles. The summed E-state index contributed by atoms with van der Waals surface area (Å²) in [7, 11) is -3.81. The van der Waals surface area contributed by atoms with Gasteiger partial charge in [-0.1, -0.05) is 29.8 Å². The number of rotatable bonds is 5. The number of sulfonamides is 1. The Morgan fingerprint density at radius 3 is 2.57 bits per heavy atom. The minimum atomic E-state index is -3.81. The Labute approximate surface area is 144 Å². The van der Waals surface area contributed by atoms with Gasteiger partial charge in [0.2, 0.25) is 15.9 Å². The van der Waals surface area contributed by atoms with Crippen molar-refractivity contribution >= 4 is 45.0 Å². The van der Waals surface area contributed by atoms with Crippen LogP contribution in [0.4, 0.5) is 5.69 Å². The number of carbonyl (C=O) groups excluding carboxylic acids is 1. The second-order valence-corrected chi connectivity index (χ2v) is 8.10. The molecule has 0 aliphatic rings. The van der Waals surface area contributed by atoms with Gasteiger partial charge >= 0.3 is 0 Å². The molecular formula is C15H15ClN2O3S2. The normalized spacial score (nSPS) is 12.7. The Morgan fingerprint density at radius 2 is 1.91 bits per heavy atom. The fourth-order valence-electron chi connectivity index (χ4n) is 1.78. The first-order chi connectivity index (χ1) is 10.8. The smallest absolute Gasteiger partial charge is 0.238 e. The van der Waals surface area contributed by atoms with E-state index in [0.717, 1.165) is 4.90 Å². The third kappa shape index (κ3) is 4.97. The second kappa shape index (κ2) is 7.35. The van der Waals surface area contributed by atoms with Crippen LogP contribution in [-0.4, -0.2) is 19.6 Å². The van der Waals surface area contributed by atoms with Crippen molar-refractivity contribution in [1.29, 1.82) is 0 Å². The lowest BCUT2D eigenvalue weighted by Gasteiger charge is -2.13. The summed E-state index contributed by atoms with van der Waals surface area (Å²) in [6.07, 6.45) is 0. The highest BCUT2D eigenvalue weighted by molar-refractivity contribution is 8.00. The molecule has 0 spiro atoms. The van der Waals surface area contributed by atoms with Crippen LogP contribution in [0, 0.1) is 0 Å². The molecule has 5 nitrogen and oxygen atoms in total. The molecule has 122 valence electrons. The maximum absolute atomic E-state index is 12.2. The lowest BCUT2D eigenvalue weighted by molar-refractivity contribution is -0.115. The molecule has 2 rings (SSSR count). The average molecular weight is 371 g/mol. The SMILES string of the molecule is CC(Sc1ccccc1Cl)C(=O)Nc1cccc(S(N)(=O)=O)c1. The third-order valence-corrected chi connectivity index (χ3v) is 5.47. The lowest BCUT2D eigenvalue weighted by Crippen LogP contribution is -2.22. The van der Waals surface area contributed by atoms with Crippen molar-refractivity contribution in [2.24, 2.45) is 5.14 Å².